The second-order valence-electron chi connectivity index (χ2n) is 6.81. The molecule has 0 saturated heterocycles. The van der Waals surface area contributed by atoms with Crippen LogP contribution in [0.2, 0.25) is 0 Å². The van der Waals surface area contributed by atoms with Crippen LogP contribution < -0.4 is 15.2 Å². The van der Waals surface area contributed by atoms with Crippen LogP contribution in [-0.2, 0) is 6.54 Å². The van der Waals surface area contributed by atoms with Crippen LogP contribution in [0.25, 0.3) is 5.78 Å². The Morgan fingerprint density at radius 2 is 1.90 bits per heavy atom. The maximum Gasteiger partial charge on any atom is 0.274 e. The van der Waals surface area contributed by atoms with Gasteiger partial charge in [0.05, 0.1) is 24.4 Å². The van der Waals surface area contributed by atoms with E-state index in [9.17, 15) is 14.0 Å². The molecule has 31 heavy (non-hydrogen) atoms. The van der Waals surface area contributed by atoms with Crippen LogP contribution in [0.3, 0.4) is 0 Å². The zero-order chi connectivity index (χ0) is 22.0. The number of anilines is 1. The molecule has 158 valence electrons. The Morgan fingerprint density at radius 1 is 1.16 bits per heavy atom. The van der Waals surface area contributed by atoms with Crippen molar-refractivity contribution in [3.63, 3.8) is 0 Å². The zero-order valence-electron chi connectivity index (χ0n) is 17.0. The van der Waals surface area contributed by atoms with Crippen molar-refractivity contribution < 1.29 is 13.9 Å². The lowest BCUT2D eigenvalue weighted by Crippen LogP contribution is -2.32. The highest BCUT2D eigenvalue weighted by molar-refractivity contribution is 6.06. The third-order valence-corrected chi connectivity index (χ3v) is 4.62. The molecule has 0 radical (unpaired) electrons. The fourth-order valence-corrected chi connectivity index (χ4v) is 3.26. The Labute approximate surface area is 176 Å². The summed E-state index contributed by atoms with van der Waals surface area (Å²) in [5.41, 5.74) is 0.581. The first-order valence-electron chi connectivity index (χ1n) is 9.71. The van der Waals surface area contributed by atoms with Gasteiger partial charge in [-0.2, -0.15) is 9.50 Å². The number of para-hydroxylation sites is 2. The minimum atomic E-state index is -0.635. The van der Waals surface area contributed by atoms with E-state index in [2.05, 4.69) is 15.1 Å². The third kappa shape index (κ3) is 4.02. The van der Waals surface area contributed by atoms with E-state index in [-0.39, 0.29) is 23.4 Å². The van der Waals surface area contributed by atoms with Gasteiger partial charge in [-0.15, -0.1) is 0 Å². The van der Waals surface area contributed by atoms with Gasteiger partial charge in [-0.1, -0.05) is 24.3 Å². The fraction of sp³-hybridized carbons (Fsp3) is 0.182. The summed E-state index contributed by atoms with van der Waals surface area (Å²) in [6.45, 7) is 3.86. The molecule has 0 aliphatic heterocycles. The number of hydrogen-bond donors (Lipinski definition) is 1. The predicted molar refractivity (Wildman–Crippen MR) is 113 cm³/mol. The minimum Gasteiger partial charge on any atom is -0.492 e. The second kappa shape index (κ2) is 8.39. The Kier molecular flexibility index (Phi) is 5.48. The number of H-pyrrole nitrogens is 1. The van der Waals surface area contributed by atoms with Crippen molar-refractivity contribution in [2.45, 2.75) is 20.4 Å². The van der Waals surface area contributed by atoms with E-state index < -0.39 is 11.7 Å². The lowest BCUT2D eigenvalue weighted by Gasteiger charge is -2.24. The number of aromatic amines is 1. The molecule has 0 bridgehead atoms. The van der Waals surface area contributed by atoms with Crippen LogP contribution in [0.15, 0.2) is 59.4 Å². The van der Waals surface area contributed by atoms with Gasteiger partial charge in [-0.25, -0.2) is 9.37 Å². The molecule has 0 aliphatic carbocycles. The molecule has 0 saturated carbocycles. The molecular formula is C22H20FN5O3. The number of aromatic nitrogens is 4. The van der Waals surface area contributed by atoms with Crippen molar-refractivity contribution in [3.05, 3.63) is 87.9 Å². The average Bonchev–Trinajstić information content (AvgIpc) is 3.16. The molecule has 1 N–H and O–H groups in total. The van der Waals surface area contributed by atoms with Gasteiger partial charge in [-0.3, -0.25) is 19.6 Å². The van der Waals surface area contributed by atoms with Gasteiger partial charge < -0.3 is 4.74 Å². The van der Waals surface area contributed by atoms with Gasteiger partial charge in [0.1, 0.15) is 17.4 Å². The van der Waals surface area contributed by atoms with E-state index in [0.717, 1.165) is 0 Å². The number of benzene rings is 2. The summed E-state index contributed by atoms with van der Waals surface area (Å²) in [5.74, 6) is -0.230. The molecule has 4 rings (SSSR count). The van der Waals surface area contributed by atoms with E-state index in [4.69, 9.17) is 4.74 Å². The minimum absolute atomic E-state index is 0.0564. The fourth-order valence-electron chi connectivity index (χ4n) is 3.26. The van der Waals surface area contributed by atoms with Crippen molar-refractivity contribution in [1.82, 2.24) is 19.6 Å². The molecule has 9 heteroatoms. The second-order valence-corrected chi connectivity index (χ2v) is 6.81. The predicted octanol–water partition coefficient (Wildman–Crippen LogP) is 3.11. The summed E-state index contributed by atoms with van der Waals surface area (Å²) < 4.78 is 21.3. The first kappa shape index (κ1) is 20.3. The Bertz CT molecular complexity index is 1310. The third-order valence-electron chi connectivity index (χ3n) is 4.62. The van der Waals surface area contributed by atoms with Crippen molar-refractivity contribution >= 4 is 17.4 Å². The number of carbonyl (C=O) groups excluding carboxylic acids is 1. The van der Waals surface area contributed by atoms with Crippen LogP contribution in [0, 0.1) is 12.7 Å². The highest BCUT2D eigenvalue weighted by atomic mass is 19.1. The topological polar surface area (TPSA) is 92.6 Å². The Balaban J connectivity index is 1.81. The molecule has 4 aromatic rings. The molecule has 2 aromatic heterocycles. The van der Waals surface area contributed by atoms with Crippen LogP contribution in [0.5, 0.6) is 5.75 Å². The first-order valence-corrected chi connectivity index (χ1v) is 9.71. The first-order chi connectivity index (χ1) is 15.0. The number of carbonyl (C=O) groups is 1. The number of rotatable bonds is 6. The quantitative estimate of drug-likeness (QED) is 0.516. The standard InChI is InChI=1S/C22H20FN5O3/c1-3-31-18-11-7-6-10-17(18)27(21(30)15-8-4-5-9-16(15)23)13-19-25-22-24-14(2)12-20(29)28(22)26-19/h4-12H,3,13H2,1-2H3,(H,24,25,26). The molecule has 0 fully saturated rings. The van der Waals surface area contributed by atoms with Gasteiger partial charge in [0, 0.05) is 11.8 Å². The van der Waals surface area contributed by atoms with E-state index in [1.807, 2.05) is 6.92 Å². The number of halogens is 1. The lowest BCUT2D eigenvalue weighted by atomic mass is 10.1. The SMILES string of the molecule is CCOc1ccccc1N(Cc1nc2nc(C)cc(=O)n2[nH]1)C(=O)c1ccccc1F. The smallest absolute Gasteiger partial charge is 0.274 e. The molecule has 2 heterocycles. The molecule has 0 unspecified atom stereocenters. The van der Waals surface area contributed by atoms with Crippen molar-refractivity contribution in [1.29, 1.82) is 0 Å². The summed E-state index contributed by atoms with van der Waals surface area (Å²) in [6.07, 6.45) is 0. The number of fused-ring (bicyclic) bond motifs is 1. The average molecular weight is 421 g/mol. The Hall–Kier alpha value is -4.01. The largest absolute Gasteiger partial charge is 0.492 e. The van der Waals surface area contributed by atoms with Crippen LogP contribution in [0.4, 0.5) is 10.1 Å². The maximum absolute atomic E-state index is 14.4. The monoisotopic (exact) mass is 421 g/mol. The summed E-state index contributed by atoms with van der Waals surface area (Å²) in [7, 11) is 0. The van der Waals surface area contributed by atoms with Crippen LogP contribution >= 0.6 is 0 Å². The van der Waals surface area contributed by atoms with E-state index in [1.54, 1.807) is 37.3 Å². The number of amides is 1. The van der Waals surface area contributed by atoms with E-state index in [0.29, 0.717) is 29.6 Å². The molecular weight excluding hydrogens is 401 g/mol. The molecule has 0 aliphatic rings. The Morgan fingerprint density at radius 3 is 2.68 bits per heavy atom. The van der Waals surface area contributed by atoms with Crippen molar-refractivity contribution in [2.24, 2.45) is 0 Å². The van der Waals surface area contributed by atoms with Gasteiger partial charge in [0.2, 0.25) is 0 Å². The number of nitrogens with zero attached hydrogens (tertiary/aromatic N) is 4. The molecule has 1 amide bonds. The highest BCUT2D eigenvalue weighted by Gasteiger charge is 2.25. The zero-order valence-corrected chi connectivity index (χ0v) is 17.0. The van der Waals surface area contributed by atoms with Crippen LogP contribution in [0.1, 0.15) is 28.8 Å². The van der Waals surface area contributed by atoms with Crippen LogP contribution in [-0.4, -0.2) is 32.1 Å². The lowest BCUT2D eigenvalue weighted by molar-refractivity contribution is 0.0979. The highest BCUT2D eigenvalue weighted by Crippen LogP contribution is 2.30. The van der Waals surface area contributed by atoms with Crippen molar-refractivity contribution in [2.75, 3.05) is 11.5 Å². The van der Waals surface area contributed by atoms with Gasteiger partial charge >= 0.3 is 0 Å². The molecule has 0 spiro atoms. The number of nitrogens with one attached hydrogen (secondary N) is 1. The summed E-state index contributed by atoms with van der Waals surface area (Å²) in [6, 6.07) is 14.1. The van der Waals surface area contributed by atoms with Gasteiger partial charge in [0.25, 0.3) is 17.2 Å². The normalized spacial score (nSPS) is 10.9. The number of hydrogen-bond acceptors (Lipinski definition) is 5. The molecule has 8 nitrogen and oxygen atoms in total. The maximum atomic E-state index is 14.4. The molecule has 0 atom stereocenters. The van der Waals surface area contributed by atoms with Gasteiger partial charge in [-0.05, 0) is 38.1 Å². The summed E-state index contributed by atoms with van der Waals surface area (Å²) in [5, 5.41) is 2.87. The number of ether oxygens (including phenoxy) is 1. The molecule has 2 aromatic carbocycles. The van der Waals surface area contributed by atoms with Crippen molar-refractivity contribution in [3.8, 4) is 5.75 Å². The van der Waals surface area contributed by atoms with E-state index in [1.165, 1.54) is 33.7 Å². The number of aryl methyl sites for hydroxylation is 1. The summed E-state index contributed by atoms with van der Waals surface area (Å²) in [4.78, 5) is 35.5. The van der Waals surface area contributed by atoms with E-state index >= 15 is 0 Å². The van der Waals surface area contributed by atoms with Gasteiger partial charge in [0.15, 0.2) is 0 Å². The summed E-state index contributed by atoms with van der Waals surface area (Å²) >= 11 is 0.